The summed E-state index contributed by atoms with van der Waals surface area (Å²) in [4.78, 5) is 4.31. The van der Waals surface area contributed by atoms with E-state index in [1.165, 1.54) is 58.2 Å². The van der Waals surface area contributed by atoms with Gasteiger partial charge in [-0.15, -0.1) is 11.3 Å². The van der Waals surface area contributed by atoms with Crippen LogP contribution in [-0.4, -0.2) is 30.1 Å². The van der Waals surface area contributed by atoms with E-state index in [4.69, 9.17) is 0 Å². The van der Waals surface area contributed by atoms with Gasteiger partial charge in [0, 0.05) is 29.5 Å². The lowest BCUT2D eigenvalue weighted by Gasteiger charge is -2.37. The molecule has 0 amide bonds. The Morgan fingerprint density at radius 2 is 2.21 bits per heavy atom. The predicted molar refractivity (Wildman–Crippen MR) is 82.7 cm³/mol. The predicted octanol–water partition coefficient (Wildman–Crippen LogP) is 3.81. The van der Waals surface area contributed by atoms with Gasteiger partial charge in [-0.3, -0.25) is 4.90 Å². The molecule has 1 spiro atoms. The zero-order valence-corrected chi connectivity index (χ0v) is 12.8. The molecule has 0 aromatic carbocycles. The average Bonchev–Trinajstić information content (AvgIpc) is 3.03. The van der Waals surface area contributed by atoms with E-state index in [1.807, 2.05) is 11.3 Å². The first kappa shape index (κ1) is 13.6. The average molecular weight is 278 g/mol. The number of hydrogen-bond acceptors (Lipinski definition) is 3. The smallest absolute Gasteiger partial charge is 0.0439 e. The Hall–Kier alpha value is -0.380. The number of thiophene rings is 1. The molecule has 0 bridgehead atoms. The normalized spacial score (nSPS) is 25.5. The summed E-state index contributed by atoms with van der Waals surface area (Å²) in [7, 11) is 0. The third kappa shape index (κ3) is 2.88. The van der Waals surface area contributed by atoms with E-state index in [2.05, 4.69) is 34.7 Å². The van der Waals surface area contributed by atoms with Gasteiger partial charge in [-0.25, -0.2) is 0 Å². The van der Waals surface area contributed by atoms with Crippen LogP contribution in [0.4, 0.5) is 0 Å². The van der Waals surface area contributed by atoms with Gasteiger partial charge in [-0.2, -0.15) is 0 Å². The molecule has 1 aliphatic carbocycles. The Bertz CT molecular complexity index is 381. The van der Waals surface area contributed by atoms with Crippen LogP contribution in [0.25, 0.3) is 0 Å². The van der Waals surface area contributed by atoms with Crippen LogP contribution >= 0.6 is 11.3 Å². The van der Waals surface area contributed by atoms with Crippen molar-refractivity contribution in [3.63, 3.8) is 0 Å². The fraction of sp³-hybridized carbons (Fsp3) is 0.750. The number of nitrogens with one attached hydrogen (secondary N) is 1. The minimum atomic E-state index is 0.432. The summed E-state index contributed by atoms with van der Waals surface area (Å²) in [5.74, 6) is 0. The summed E-state index contributed by atoms with van der Waals surface area (Å²) in [6.07, 6.45) is 8.11. The maximum absolute atomic E-state index is 3.87. The summed E-state index contributed by atoms with van der Waals surface area (Å²) in [6.45, 7) is 6.05. The first-order valence-corrected chi connectivity index (χ1v) is 8.73. The topological polar surface area (TPSA) is 15.3 Å². The van der Waals surface area contributed by atoms with Crippen molar-refractivity contribution in [2.45, 2.75) is 57.0 Å². The Morgan fingerprint density at radius 3 is 2.89 bits per heavy atom. The van der Waals surface area contributed by atoms with Gasteiger partial charge in [0.15, 0.2) is 0 Å². The SMILES string of the molecule is CCC(c1cccs1)N1CCCNC2(CCCC2)C1. The van der Waals surface area contributed by atoms with E-state index in [1.54, 1.807) is 4.88 Å². The molecule has 19 heavy (non-hydrogen) atoms. The lowest BCUT2D eigenvalue weighted by molar-refractivity contribution is 0.154. The largest absolute Gasteiger partial charge is 0.310 e. The molecule has 1 aliphatic heterocycles. The summed E-state index contributed by atoms with van der Waals surface area (Å²) < 4.78 is 0. The lowest BCUT2D eigenvalue weighted by Crippen LogP contribution is -2.49. The number of rotatable bonds is 3. The standard InChI is InChI=1S/C16H26N2S/c1-2-14(15-7-5-12-19-15)18-11-6-10-17-16(13-18)8-3-4-9-16/h5,7,12,14,17H,2-4,6,8-11,13H2,1H3. The van der Waals surface area contributed by atoms with Gasteiger partial charge in [0.05, 0.1) is 0 Å². The molecule has 2 aliphatic rings. The van der Waals surface area contributed by atoms with E-state index >= 15 is 0 Å². The second-order valence-corrected chi connectivity index (χ2v) is 7.16. The van der Waals surface area contributed by atoms with Crippen LogP contribution in [0.15, 0.2) is 17.5 Å². The summed E-state index contributed by atoms with van der Waals surface area (Å²) in [5, 5.41) is 6.09. The van der Waals surface area contributed by atoms with Crippen LogP contribution in [-0.2, 0) is 0 Å². The molecule has 1 saturated heterocycles. The van der Waals surface area contributed by atoms with Crippen molar-refractivity contribution in [3.05, 3.63) is 22.4 Å². The van der Waals surface area contributed by atoms with E-state index in [0.29, 0.717) is 11.6 Å². The zero-order valence-electron chi connectivity index (χ0n) is 12.0. The molecule has 2 fully saturated rings. The highest BCUT2D eigenvalue weighted by Crippen LogP contribution is 2.36. The van der Waals surface area contributed by atoms with Crippen LogP contribution in [0, 0.1) is 0 Å². The summed E-state index contributed by atoms with van der Waals surface area (Å²) in [6, 6.07) is 5.15. The van der Waals surface area contributed by atoms with Crippen molar-refractivity contribution < 1.29 is 0 Å². The highest BCUT2D eigenvalue weighted by Gasteiger charge is 2.38. The Balaban J connectivity index is 1.78. The van der Waals surface area contributed by atoms with Crippen LogP contribution in [0.2, 0.25) is 0 Å². The van der Waals surface area contributed by atoms with Crippen LogP contribution in [0.5, 0.6) is 0 Å². The molecule has 1 aromatic rings. The summed E-state index contributed by atoms with van der Waals surface area (Å²) >= 11 is 1.92. The molecule has 0 radical (unpaired) electrons. The Labute approximate surface area is 121 Å². The summed E-state index contributed by atoms with van der Waals surface area (Å²) in [5.41, 5.74) is 0.432. The molecular weight excluding hydrogens is 252 g/mol. The van der Waals surface area contributed by atoms with Crippen LogP contribution in [0.1, 0.15) is 56.4 Å². The van der Waals surface area contributed by atoms with Gasteiger partial charge >= 0.3 is 0 Å². The van der Waals surface area contributed by atoms with E-state index in [9.17, 15) is 0 Å². The lowest BCUT2D eigenvalue weighted by atomic mass is 9.96. The minimum absolute atomic E-state index is 0.432. The van der Waals surface area contributed by atoms with Gasteiger partial charge < -0.3 is 5.32 Å². The van der Waals surface area contributed by atoms with Gasteiger partial charge in [0.25, 0.3) is 0 Å². The quantitative estimate of drug-likeness (QED) is 0.904. The maximum atomic E-state index is 3.87. The zero-order chi connectivity index (χ0) is 13.1. The molecule has 3 heteroatoms. The molecule has 1 aromatic heterocycles. The maximum Gasteiger partial charge on any atom is 0.0439 e. The van der Waals surface area contributed by atoms with Crippen molar-refractivity contribution in [3.8, 4) is 0 Å². The molecule has 1 N–H and O–H groups in total. The second kappa shape index (κ2) is 5.94. The van der Waals surface area contributed by atoms with Crippen LogP contribution in [0.3, 0.4) is 0 Å². The molecule has 1 atom stereocenters. The van der Waals surface area contributed by atoms with Gasteiger partial charge in [0.1, 0.15) is 0 Å². The second-order valence-electron chi connectivity index (χ2n) is 6.18. The van der Waals surface area contributed by atoms with Crippen molar-refractivity contribution in [1.29, 1.82) is 0 Å². The third-order valence-electron chi connectivity index (χ3n) is 4.89. The van der Waals surface area contributed by atoms with Gasteiger partial charge in [0.2, 0.25) is 0 Å². The van der Waals surface area contributed by atoms with Crippen molar-refractivity contribution >= 4 is 11.3 Å². The fourth-order valence-electron chi connectivity index (χ4n) is 3.93. The molecule has 2 nitrogen and oxygen atoms in total. The van der Waals surface area contributed by atoms with E-state index in [0.717, 1.165) is 0 Å². The first-order chi connectivity index (χ1) is 9.33. The van der Waals surface area contributed by atoms with Crippen molar-refractivity contribution in [2.75, 3.05) is 19.6 Å². The molecule has 3 rings (SSSR count). The minimum Gasteiger partial charge on any atom is -0.310 e. The number of hydrogen-bond donors (Lipinski definition) is 1. The first-order valence-electron chi connectivity index (χ1n) is 7.85. The molecule has 106 valence electrons. The van der Waals surface area contributed by atoms with Crippen LogP contribution < -0.4 is 5.32 Å². The van der Waals surface area contributed by atoms with Gasteiger partial charge in [-0.05, 0) is 43.7 Å². The highest BCUT2D eigenvalue weighted by atomic mass is 32.1. The molecule has 2 heterocycles. The molecular formula is C16H26N2S. The molecule has 1 saturated carbocycles. The van der Waals surface area contributed by atoms with Gasteiger partial charge in [-0.1, -0.05) is 25.8 Å². The highest BCUT2D eigenvalue weighted by molar-refractivity contribution is 7.10. The Kier molecular flexibility index (Phi) is 4.25. The Morgan fingerprint density at radius 1 is 1.37 bits per heavy atom. The monoisotopic (exact) mass is 278 g/mol. The third-order valence-corrected chi connectivity index (χ3v) is 5.86. The number of nitrogens with zero attached hydrogens (tertiary/aromatic N) is 1. The van der Waals surface area contributed by atoms with Crippen molar-refractivity contribution in [2.24, 2.45) is 0 Å². The van der Waals surface area contributed by atoms with Crippen molar-refractivity contribution in [1.82, 2.24) is 10.2 Å². The van der Waals surface area contributed by atoms with E-state index < -0.39 is 0 Å². The molecule has 1 unspecified atom stereocenters. The van der Waals surface area contributed by atoms with E-state index in [-0.39, 0.29) is 0 Å². The fourth-order valence-corrected chi connectivity index (χ4v) is 4.88.